The van der Waals surface area contributed by atoms with Gasteiger partial charge in [0, 0.05) is 17.8 Å². The highest BCUT2D eigenvalue weighted by Gasteiger charge is 2.08. The standard InChI is InChI=1S/C15H26N2O/c1-12(2)18-14-8-6-13(7-9-14)17-11-5-10-15(3,4)16/h6-9,12,17H,5,10-11,16H2,1-4H3. The third-order valence-corrected chi connectivity index (χ3v) is 2.55. The van der Waals surface area contributed by atoms with Gasteiger partial charge in [-0.25, -0.2) is 0 Å². The van der Waals surface area contributed by atoms with Crippen molar-refractivity contribution in [1.82, 2.24) is 0 Å². The number of benzene rings is 1. The summed E-state index contributed by atoms with van der Waals surface area (Å²) in [5.41, 5.74) is 6.99. The maximum absolute atomic E-state index is 5.94. The van der Waals surface area contributed by atoms with Crippen molar-refractivity contribution in [1.29, 1.82) is 0 Å². The van der Waals surface area contributed by atoms with Gasteiger partial charge in [-0.05, 0) is 64.8 Å². The molecular formula is C15H26N2O. The van der Waals surface area contributed by atoms with E-state index in [0.717, 1.165) is 30.8 Å². The minimum atomic E-state index is -0.0728. The van der Waals surface area contributed by atoms with Gasteiger partial charge >= 0.3 is 0 Å². The first kappa shape index (κ1) is 14.8. The molecule has 1 aromatic carbocycles. The topological polar surface area (TPSA) is 47.3 Å². The third-order valence-electron chi connectivity index (χ3n) is 2.55. The number of nitrogens with two attached hydrogens (primary N) is 1. The molecule has 0 aliphatic rings. The first-order chi connectivity index (χ1) is 8.37. The van der Waals surface area contributed by atoms with Crippen LogP contribution in [-0.2, 0) is 0 Å². The van der Waals surface area contributed by atoms with Crippen LogP contribution in [0.3, 0.4) is 0 Å². The van der Waals surface area contributed by atoms with E-state index in [9.17, 15) is 0 Å². The molecule has 0 unspecified atom stereocenters. The van der Waals surface area contributed by atoms with Crippen LogP contribution in [0.15, 0.2) is 24.3 Å². The zero-order chi connectivity index (χ0) is 13.6. The molecule has 18 heavy (non-hydrogen) atoms. The first-order valence-electron chi connectivity index (χ1n) is 6.66. The van der Waals surface area contributed by atoms with E-state index in [0.29, 0.717) is 0 Å². The highest BCUT2D eigenvalue weighted by atomic mass is 16.5. The first-order valence-corrected chi connectivity index (χ1v) is 6.66. The fourth-order valence-corrected chi connectivity index (χ4v) is 1.70. The molecule has 0 amide bonds. The molecule has 0 atom stereocenters. The minimum Gasteiger partial charge on any atom is -0.491 e. The SMILES string of the molecule is CC(C)Oc1ccc(NCCCC(C)(C)N)cc1. The van der Waals surface area contributed by atoms with Crippen molar-refractivity contribution in [3.63, 3.8) is 0 Å². The molecule has 0 spiro atoms. The van der Waals surface area contributed by atoms with Crippen LogP contribution < -0.4 is 15.8 Å². The normalized spacial score (nSPS) is 11.7. The fraction of sp³-hybridized carbons (Fsp3) is 0.600. The van der Waals surface area contributed by atoms with Gasteiger partial charge < -0.3 is 15.8 Å². The van der Waals surface area contributed by atoms with Gasteiger partial charge in [-0.1, -0.05) is 0 Å². The number of anilines is 1. The van der Waals surface area contributed by atoms with Gasteiger partial charge in [-0.2, -0.15) is 0 Å². The average Bonchev–Trinajstić information content (AvgIpc) is 2.24. The Morgan fingerprint density at radius 3 is 2.33 bits per heavy atom. The van der Waals surface area contributed by atoms with Gasteiger partial charge in [0.2, 0.25) is 0 Å². The van der Waals surface area contributed by atoms with E-state index in [-0.39, 0.29) is 11.6 Å². The summed E-state index contributed by atoms with van der Waals surface area (Å²) in [6, 6.07) is 8.08. The van der Waals surface area contributed by atoms with Gasteiger partial charge in [0.25, 0.3) is 0 Å². The Hall–Kier alpha value is -1.22. The van der Waals surface area contributed by atoms with Gasteiger partial charge in [-0.15, -0.1) is 0 Å². The number of rotatable bonds is 7. The summed E-state index contributed by atoms with van der Waals surface area (Å²) in [5.74, 6) is 0.915. The lowest BCUT2D eigenvalue weighted by molar-refractivity contribution is 0.242. The van der Waals surface area contributed by atoms with E-state index in [1.165, 1.54) is 0 Å². The zero-order valence-corrected chi connectivity index (χ0v) is 12.0. The zero-order valence-electron chi connectivity index (χ0n) is 12.0. The summed E-state index contributed by atoms with van der Waals surface area (Å²) < 4.78 is 5.60. The summed E-state index contributed by atoms with van der Waals surface area (Å²) in [6.45, 7) is 9.13. The third kappa shape index (κ3) is 6.50. The van der Waals surface area contributed by atoms with Crippen molar-refractivity contribution in [2.45, 2.75) is 52.2 Å². The van der Waals surface area contributed by atoms with Crippen molar-refractivity contribution in [2.75, 3.05) is 11.9 Å². The molecule has 102 valence electrons. The van der Waals surface area contributed by atoms with Crippen molar-refractivity contribution < 1.29 is 4.74 Å². The molecule has 0 aromatic heterocycles. The second-order valence-electron chi connectivity index (χ2n) is 5.71. The van der Waals surface area contributed by atoms with E-state index < -0.39 is 0 Å². The summed E-state index contributed by atoms with van der Waals surface area (Å²) in [6.07, 6.45) is 2.32. The van der Waals surface area contributed by atoms with E-state index in [1.54, 1.807) is 0 Å². The summed E-state index contributed by atoms with van der Waals surface area (Å²) in [5, 5.41) is 3.39. The van der Waals surface area contributed by atoms with Gasteiger partial charge in [0.1, 0.15) is 5.75 Å². The van der Waals surface area contributed by atoms with Crippen LogP contribution >= 0.6 is 0 Å². The van der Waals surface area contributed by atoms with Crippen molar-refractivity contribution in [2.24, 2.45) is 5.73 Å². The summed E-state index contributed by atoms with van der Waals surface area (Å²) in [7, 11) is 0. The van der Waals surface area contributed by atoms with E-state index in [2.05, 4.69) is 19.2 Å². The Bertz CT molecular complexity index is 339. The highest BCUT2D eigenvalue weighted by Crippen LogP contribution is 2.17. The van der Waals surface area contributed by atoms with E-state index in [4.69, 9.17) is 10.5 Å². The molecule has 0 fully saturated rings. The van der Waals surface area contributed by atoms with Crippen LogP contribution in [0.5, 0.6) is 5.75 Å². The van der Waals surface area contributed by atoms with E-state index >= 15 is 0 Å². The Morgan fingerprint density at radius 1 is 1.22 bits per heavy atom. The molecule has 0 heterocycles. The lowest BCUT2D eigenvalue weighted by atomic mass is 10.0. The van der Waals surface area contributed by atoms with Crippen molar-refractivity contribution >= 4 is 5.69 Å². The summed E-state index contributed by atoms with van der Waals surface area (Å²) >= 11 is 0. The predicted molar refractivity (Wildman–Crippen MR) is 78.2 cm³/mol. The Morgan fingerprint density at radius 2 is 1.83 bits per heavy atom. The molecule has 0 aliphatic heterocycles. The number of ether oxygens (including phenoxy) is 1. The van der Waals surface area contributed by atoms with Crippen LogP contribution in [0.25, 0.3) is 0 Å². The lowest BCUT2D eigenvalue weighted by Gasteiger charge is -2.18. The highest BCUT2D eigenvalue weighted by molar-refractivity contribution is 5.46. The molecule has 1 rings (SSSR count). The molecule has 0 saturated carbocycles. The summed E-state index contributed by atoms with van der Waals surface area (Å²) in [4.78, 5) is 0. The van der Waals surface area contributed by atoms with Crippen LogP contribution in [0.4, 0.5) is 5.69 Å². The molecule has 3 nitrogen and oxygen atoms in total. The van der Waals surface area contributed by atoms with Crippen LogP contribution in [-0.4, -0.2) is 18.2 Å². The number of hydrogen-bond acceptors (Lipinski definition) is 3. The maximum atomic E-state index is 5.94. The lowest BCUT2D eigenvalue weighted by Crippen LogP contribution is -2.32. The molecule has 0 radical (unpaired) electrons. The maximum Gasteiger partial charge on any atom is 0.119 e. The molecular weight excluding hydrogens is 224 g/mol. The molecule has 0 saturated heterocycles. The van der Waals surface area contributed by atoms with Gasteiger partial charge in [-0.3, -0.25) is 0 Å². The Balaban J connectivity index is 2.31. The second-order valence-corrected chi connectivity index (χ2v) is 5.71. The predicted octanol–water partition coefficient (Wildman–Crippen LogP) is 3.40. The monoisotopic (exact) mass is 250 g/mol. The second kappa shape index (κ2) is 6.64. The fourth-order valence-electron chi connectivity index (χ4n) is 1.70. The average molecular weight is 250 g/mol. The van der Waals surface area contributed by atoms with E-state index in [1.807, 2.05) is 38.1 Å². The molecule has 0 aliphatic carbocycles. The van der Waals surface area contributed by atoms with Gasteiger partial charge in [0.15, 0.2) is 0 Å². The Labute approximate surface area is 111 Å². The number of hydrogen-bond donors (Lipinski definition) is 2. The van der Waals surface area contributed by atoms with Crippen LogP contribution in [0.1, 0.15) is 40.5 Å². The number of nitrogens with one attached hydrogen (secondary N) is 1. The quantitative estimate of drug-likeness (QED) is 0.729. The molecule has 3 N–H and O–H groups in total. The minimum absolute atomic E-state index is 0.0728. The molecule has 1 aromatic rings. The molecule has 3 heteroatoms. The van der Waals surface area contributed by atoms with Crippen LogP contribution in [0, 0.1) is 0 Å². The molecule has 0 bridgehead atoms. The van der Waals surface area contributed by atoms with Crippen molar-refractivity contribution in [3.8, 4) is 5.75 Å². The van der Waals surface area contributed by atoms with Crippen molar-refractivity contribution in [3.05, 3.63) is 24.3 Å². The van der Waals surface area contributed by atoms with Crippen LogP contribution in [0.2, 0.25) is 0 Å². The largest absolute Gasteiger partial charge is 0.491 e. The van der Waals surface area contributed by atoms with Gasteiger partial charge in [0.05, 0.1) is 6.10 Å². The smallest absolute Gasteiger partial charge is 0.119 e. The Kier molecular flexibility index (Phi) is 5.48.